The molecule has 0 aromatic heterocycles. The summed E-state index contributed by atoms with van der Waals surface area (Å²) in [5.41, 5.74) is -0.910. The molecule has 5 heteroatoms. The van der Waals surface area contributed by atoms with E-state index in [2.05, 4.69) is 17.1 Å². The van der Waals surface area contributed by atoms with E-state index in [4.69, 9.17) is 16.3 Å². The van der Waals surface area contributed by atoms with Gasteiger partial charge >= 0.3 is 0 Å². The molecule has 24 heavy (non-hydrogen) atoms. The highest BCUT2D eigenvalue weighted by Gasteiger charge is 2.32. The van der Waals surface area contributed by atoms with Crippen LogP contribution in [0.2, 0.25) is 5.02 Å². The van der Waals surface area contributed by atoms with Crippen LogP contribution in [0.5, 0.6) is 5.75 Å². The lowest BCUT2D eigenvalue weighted by Gasteiger charge is -2.34. The number of hydrogen-bond donors (Lipinski definition) is 1. The fourth-order valence-electron chi connectivity index (χ4n) is 2.89. The molecule has 1 N–H and O–H groups in total. The van der Waals surface area contributed by atoms with Crippen LogP contribution in [-0.2, 0) is 4.79 Å². The predicted molar refractivity (Wildman–Crippen MR) is 98.7 cm³/mol. The van der Waals surface area contributed by atoms with E-state index < -0.39 is 5.60 Å². The van der Waals surface area contributed by atoms with Crippen molar-refractivity contribution in [3.05, 3.63) is 29.3 Å². The second kappa shape index (κ2) is 8.72. The molecule has 0 radical (unpaired) electrons. The molecule has 4 nitrogen and oxygen atoms in total. The molecule has 1 aliphatic rings. The molecule has 1 aromatic rings. The molecule has 1 amide bonds. The highest BCUT2D eigenvalue weighted by atomic mass is 35.5. The van der Waals surface area contributed by atoms with E-state index in [1.807, 2.05) is 0 Å². The first-order valence-electron chi connectivity index (χ1n) is 8.88. The van der Waals surface area contributed by atoms with Gasteiger partial charge in [-0.3, -0.25) is 4.79 Å². The summed E-state index contributed by atoms with van der Waals surface area (Å²) < 4.78 is 5.85. The van der Waals surface area contributed by atoms with Crippen LogP contribution in [0.3, 0.4) is 0 Å². The third-order valence-corrected chi connectivity index (χ3v) is 4.74. The number of nitrogens with zero attached hydrogens (tertiary/aromatic N) is 1. The Balaban J connectivity index is 1.81. The van der Waals surface area contributed by atoms with E-state index in [9.17, 15) is 4.79 Å². The Morgan fingerprint density at radius 3 is 2.50 bits per heavy atom. The third-order valence-electron chi connectivity index (χ3n) is 4.48. The van der Waals surface area contributed by atoms with Crippen LogP contribution in [0, 0.1) is 0 Å². The minimum atomic E-state index is -0.910. The number of halogens is 1. The van der Waals surface area contributed by atoms with E-state index in [0.717, 1.165) is 25.9 Å². The van der Waals surface area contributed by atoms with Crippen molar-refractivity contribution >= 4 is 17.5 Å². The Kier molecular flexibility index (Phi) is 6.93. The number of unbranched alkanes of at least 4 members (excludes halogenated alkanes) is 1. The number of ether oxygens (including phenoxy) is 1. The zero-order valence-corrected chi connectivity index (χ0v) is 15.7. The Morgan fingerprint density at radius 2 is 1.92 bits per heavy atom. The molecule has 0 saturated carbocycles. The van der Waals surface area contributed by atoms with E-state index in [1.165, 1.54) is 19.4 Å². The van der Waals surface area contributed by atoms with Crippen molar-refractivity contribution in [1.29, 1.82) is 0 Å². The maximum atomic E-state index is 12.6. The summed E-state index contributed by atoms with van der Waals surface area (Å²) in [4.78, 5) is 15.1. The van der Waals surface area contributed by atoms with E-state index in [0.29, 0.717) is 10.8 Å². The fraction of sp³-hybridized carbons (Fsp3) is 0.632. The number of carbonyl (C=O) groups excluding carboxylic acids is 1. The van der Waals surface area contributed by atoms with Gasteiger partial charge in [0.2, 0.25) is 0 Å². The maximum absolute atomic E-state index is 12.6. The largest absolute Gasteiger partial charge is 0.478 e. The average molecular weight is 353 g/mol. The minimum absolute atomic E-state index is 0.0653. The molecule has 0 atom stereocenters. The van der Waals surface area contributed by atoms with Crippen LogP contribution >= 0.6 is 11.6 Å². The SMILES string of the molecule is CCCCN1CCC(NC(=O)C(C)(C)Oc2ccc(Cl)cc2)CC1. The molecule has 1 heterocycles. The molecule has 1 aromatic carbocycles. The zero-order valence-electron chi connectivity index (χ0n) is 15.0. The highest BCUT2D eigenvalue weighted by Crippen LogP contribution is 2.21. The molecule has 0 spiro atoms. The predicted octanol–water partition coefficient (Wildman–Crippen LogP) is 3.88. The van der Waals surface area contributed by atoms with Gasteiger partial charge < -0.3 is 15.0 Å². The summed E-state index contributed by atoms with van der Waals surface area (Å²) in [7, 11) is 0. The Bertz CT molecular complexity index is 523. The van der Waals surface area contributed by atoms with Crippen molar-refractivity contribution in [3.63, 3.8) is 0 Å². The lowest BCUT2D eigenvalue weighted by molar-refractivity contribution is -0.135. The normalized spacial score (nSPS) is 16.8. The van der Waals surface area contributed by atoms with Crippen LogP contribution < -0.4 is 10.1 Å². The minimum Gasteiger partial charge on any atom is -0.478 e. The number of rotatable bonds is 7. The summed E-state index contributed by atoms with van der Waals surface area (Å²) in [6.07, 6.45) is 4.49. The summed E-state index contributed by atoms with van der Waals surface area (Å²) in [6, 6.07) is 7.32. The Hall–Kier alpha value is -1.26. The molecule has 134 valence electrons. The van der Waals surface area contributed by atoms with Gasteiger partial charge in [-0.1, -0.05) is 24.9 Å². The van der Waals surface area contributed by atoms with Crippen molar-refractivity contribution < 1.29 is 9.53 Å². The quantitative estimate of drug-likeness (QED) is 0.809. The lowest BCUT2D eigenvalue weighted by Crippen LogP contribution is -2.52. The molecule has 1 aliphatic heterocycles. The highest BCUT2D eigenvalue weighted by molar-refractivity contribution is 6.30. The van der Waals surface area contributed by atoms with Crippen LogP contribution in [0.15, 0.2) is 24.3 Å². The van der Waals surface area contributed by atoms with Crippen LogP contribution in [0.4, 0.5) is 0 Å². The lowest BCUT2D eigenvalue weighted by atomic mass is 10.0. The van der Waals surface area contributed by atoms with Crippen molar-refractivity contribution in [2.45, 2.75) is 58.1 Å². The molecule has 1 saturated heterocycles. The molecule has 2 rings (SSSR count). The van der Waals surface area contributed by atoms with E-state index in [1.54, 1.807) is 38.1 Å². The summed E-state index contributed by atoms with van der Waals surface area (Å²) >= 11 is 5.88. The van der Waals surface area contributed by atoms with Gasteiger partial charge in [-0.15, -0.1) is 0 Å². The number of piperidine rings is 1. The van der Waals surface area contributed by atoms with Crippen LogP contribution in [0.25, 0.3) is 0 Å². The van der Waals surface area contributed by atoms with Crippen molar-refractivity contribution in [3.8, 4) is 5.75 Å². The topological polar surface area (TPSA) is 41.6 Å². The Morgan fingerprint density at radius 1 is 1.29 bits per heavy atom. The second-order valence-corrected chi connectivity index (χ2v) is 7.45. The monoisotopic (exact) mass is 352 g/mol. The molecule has 1 fully saturated rings. The first-order valence-corrected chi connectivity index (χ1v) is 9.26. The fourth-order valence-corrected chi connectivity index (χ4v) is 3.01. The number of likely N-dealkylation sites (tertiary alicyclic amines) is 1. The molecular weight excluding hydrogens is 324 g/mol. The first-order chi connectivity index (χ1) is 11.4. The molecule has 0 bridgehead atoms. The van der Waals surface area contributed by atoms with Gasteiger partial charge in [-0.25, -0.2) is 0 Å². The second-order valence-electron chi connectivity index (χ2n) is 7.01. The van der Waals surface area contributed by atoms with E-state index in [-0.39, 0.29) is 11.9 Å². The molecule has 0 unspecified atom stereocenters. The summed E-state index contributed by atoms with van der Waals surface area (Å²) in [5.74, 6) is 0.582. The average Bonchev–Trinajstić information content (AvgIpc) is 2.56. The number of amides is 1. The van der Waals surface area contributed by atoms with Gasteiger partial charge in [0, 0.05) is 24.2 Å². The molecule has 0 aliphatic carbocycles. The molecular formula is C19H29ClN2O2. The summed E-state index contributed by atoms with van der Waals surface area (Å²) in [5, 5.41) is 3.80. The van der Waals surface area contributed by atoms with Gasteiger partial charge in [0.05, 0.1) is 0 Å². The standard InChI is InChI=1S/C19H29ClN2O2/c1-4-5-12-22-13-10-16(11-14-22)21-18(23)19(2,3)24-17-8-6-15(20)7-9-17/h6-9,16H,4-5,10-14H2,1-3H3,(H,21,23). The van der Waals surface area contributed by atoms with Gasteiger partial charge in [0.1, 0.15) is 5.75 Å². The number of carbonyl (C=O) groups is 1. The van der Waals surface area contributed by atoms with Crippen LogP contribution in [0.1, 0.15) is 46.5 Å². The van der Waals surface area contributed by atoms with Crippen molar-refractivity contribution in [1.82, 2.24) is 10.2 Å². The van der Waals surface area contributed by atoms with Gasteiger partial charge in [0.25, 0.3) is 5.91 Å². The van der Waals surface area contributed by atoms with Crippen LogP contribution in [-0.4, -0.2) is 42.1 Å². The van der Waals surface area contributed by atoms with Crippen molar-refractivity contribution in [2.75, 3.05) is 19.6 Å². The zero-order chi connectivity index (χ0) is 17.6. The van der Waals surface area contributed by atoms with Gasteiger partial charge in [-0.05, 0) is 63.9 Å². The van der Waals surface area contributed by atoms with Crippen molar-refractivity contribution in [2.24, 2.45) is 0 Å². The van der Waals surface area contributed by atoms with Gasteiger partial charge in [-0.2, -0.15) is 0 Å². The summed E-state index contributed by atoms with van der Waals surface area (Å²) in [6.45, 7) is 9.10. The number of benzene rings is 1. The number of hydrogen-bond acceptors (Lipinski definition) is 3. The van der Waals surface area contributed by atoms with Gasteiger partial charge in [0.15, 0.2) is 5.60 Å². The first kappa shape index (κ1) is 19.1. The maximum Gasteiger partial charge on any atom is 0.263 e. The number of nitrogens with one attached hydrogen (secondary N) is 1. The van der Waals surface area contributed by atoms with E-state index >= 15 is 0 Å². The third kappa shape index (κ3) is 5.67. The Labute approximate surface area is 150 Å². The smallest absolute Gasteiger partial charge is 0.263 e.